The Kier molecular flexibility index (Phi) is 5.49. The first-order valence-corrected chi connectivity index (χ1v) is 13.0. The summed E-state index contributed by atoms with van der Waals surface area (Å²) in [6, 6.07) is 51.5. The maximum Gasteiger partial charge on any atom is 0.0544 e. The fraction of sp³-hybridized carbons (Fsp3) is 0. The largest absolute Gasteiger partial charge is 0.355 e. The highest BCUT2D eigenvalue weighted by Crippen LogP contribution is 2.35. The zero-order valence-electron chi connectivity index (χ0n) is 20.9. The van der Waals surface area contributed by atoms with E-state index in [2.05, 4.69) is 150 Å². The molecule has 38 heavy (non-hydrogen) atoms. The number of hydrogen-bond donors (Lipinski definition) is 2. The van der Waals surface area contributed by atoms with E-state index >= 15 is 0 Å². The van der Waals surface area contributed by atoms with Crippen LogP contribution < -0.4 is 5.32 Å². The van der Waals surface area contributed by atoms with Crippen molar-refractivity contribution in [2.24, 2.45) is 0 Å². The molecule has 7 aromatic rings. The van der Waals surface area contributed by atoms with Crippen molar-refractivity contribution < 1.29 is 0 Å². The molecule has 2 nitrogen and oxygen atoms in total. The zero-order valence-corrected chi connectivity index (χ0v) is 20.9. The minimum atomic E-state index is 1.07. The van der Waals surface area contributed by atoms with Gasteiger partial charge in [0.2, 0.25) is 0 Å². The highest BCUT2D eigenvalue weighted by Gasteiger charge is 2.10. The van der Waals surface area contributed by atoms with E-state index in [0.717, 1.165) is 11.4 Å². The fourth-order valence-electron chi connectivity index (χ4n) is 5.32. The second-order valence-electron chi connectivity index (χ2n) is 9.59. The lowest BCUT2D eigenvalue weighted by Crippen LogP contribution is -1.93. The van der Waals surface area contributed by atoms with Crippen LogP contribution in [0, 0.1) is 0 Å². The number of nitrogens with one attached hydrogen (secondary N) is 2. The van der Waals surface area contributed by atoms with Crippen molar-refractivity contribution in [3.8, 4) is 33.4 Å². The lowest BCUT2D eigenvalue weighted by Gasteiger charge is -2.13. The van der Waals surface area contributed by atoms with Crippen LogP contribution in [-0.4, -0.2) is 4.98 Å². The highest BCUT2D eigenvalue weighted by molar-refractivity contribution is 6.11. The summed E-state index contributed by atoms with van der Waals surface area (Å²) >= 11 is 0. The molecule has 0 bridgehead atoms. The average molecular weight is 487 g/mol. The average Bonchev–Trinajstić information content (AvgIpc) is 3.38. The van der Waals surface area contributed by atoms with Crippen LogP contribution in [0.3, 0.4) is 0 Å². The quantitative estimate of drug-likeness (QED) is 0.249. The summed E-state index contributed by atoms with van der Waals surface area (Å²) in [5, 5.41) is 6.13. The normalized spacial score (nSPS) is 11.2. The molecule has 0 atom stereocenters. The first kappa shape index (κ1) is 22.1. The Morgan fingerprint density at radius 2 is 0.974 bits per heavy atom. The van der Waals surface area contributed by atoms with Gasteiger partial charge in [0.1, 0.15) is 0 Å². The van der Waals surface area contributed by atoms with Crippen molar-refractivity contribution in [1.29, 1.82) is 0 Å². The number of anilines is 2. The van der Waals surface area contributed by atoms with Crippen LogP contribution in [-0.2, 0) is 0 Å². The van der Waals surface area contributed by atoms with Gasteiger partial charge in [-0.25, -0.2) is 0 Å². The Balaban J connectivity index is 1.15. The van der Waals surface area contributed by atoms with Gasteiger partial charge < -0.3 is 10.3 Å². The van der Waals surface area contributed by atoms with Crippen molar-refractivity contribution in [1.82, 2.24) is 4.98 Å². The second kappa shape index (κ2) is 9.42. The van der Waals surface area contributed by atoms with Crippen molar-refractivity contribution in [2.75, 3.05) is 5.32 Å². The Morgan fingerprint density at radius 3 is 1.79 bits per heavy atom. The molecule has 0 unspecified atom stereocenters. The summed E-state index contributed by atoms with van der Waals surface area (Å²) in [5.41, 5.74) is 11.8. The third-order valence-corrected chi connectivity index (χ3v) is 7.25. The predicted molar refractivity (Wildman–Crippen MR) is 162 cm³/mol. The van der Waals surface area contributed by atoms with Crippen molar-refractivity contribution in [3.63, 3.8) is 0 Å². The molecule has 0 spiro atoms. The molecule has 2 N–H and O–H groups in total. The number of hydrogen-bond acceptors (Lipinski definition) is 1. The predicted octanol–water partition coefficient (Wildman–Crippen LogP) is 10.1. The lowest BCUT2D eigenvalue weighted by molar-refractivity contribution is 1.52. The molecule has 0 saturated carbocycles. The SMILES string of the molecule is c1ccc(-c2ccccc2Nc2ccc(-c3ccc(-c4cccc5c4[nH]c4ccccc45)cc3)cc2)cc1. The lowest BCUT2D eigenvalue weighted by atomic mass is 9.98. The Hall–Kier alpha value is -5.08. The number of H-pyrrole nitrogens is 1. The Bertz CT molecular complexity index is 1860. The van der Waals surface area contributed by atoms with Gasteiger partial charge in [-0.2, -0.15) is 0 Å². The van der Waals surface area contributed by atoms with Crippen LogP contribution >= 0.6 is 0 Å². The van der Waals surface area contributed by atoms with Gasteiger partial charge in [0, 0.05) is 38.8 Å². The number of aromatic nitrogens is 1. The molecule has 7 rings (SSSR count). The molecule has 0 fully saturated rings. The van der Waals surface area contributed by atoms with E-state index in [0.29, 0.717) is 0 Å². The molecule has 0 aliphatic carbocycles. The summed E-state index contributed by atoms with van der Waals surface area (Å²) in [5.74, 6) is 0. The molecule has 0 amide bonds. The van der Waals surface area contributed by atoms with Gasteiger partial charge in [-0.3, -0.25) is 0 Å². The molecule has 1 aromatic heterocycles. The van der Waals surface area contributed by atoms with Crippen molar-refractivity contribution in [3.05, 3.63) is 146 Å². The maximum atomic E-state index is 3.62. The molecule has 6 aromatic carbocycles. The summed E-state index contributed by atoms with van der Waals surface area (Å²) < 4.78 is 0. The van der Waals surface area contributed by atoms with E-state index in [4.69, 9.17) is 0 Å². The van der Waals surface area contributed by atoms with Crippen LogP contribution in [0.2, 0.25) is 0 Å². The fourth-order valence-corrected chi connectivity index (χ4v) is 5.32. The summed E-state index contributed by atoms with van der Waals surface area (Å²) in [6.45, 7) is 0. The number of para-hydroxylation sites is 3. The Morgan fingerprint density at radius 1 is 0.395 bits per heavy atom. The van der Waals surface area contributed by atoms with Gasteiger partial charge in [0.25, 0.3) is 0 Å². The van der Waals surface area contributed by atoms with Gasteiger partial charge in [-0.05, 0) is 46.5 Å². The molecular weight excluding hydrogens is 460 g/mol. The van der Waals surface area contributed by atoms with Crippen molar-refractivity contribution >= 4 is 33.2 Å². The highest BCUT2D eigenvalue weighted by atomic mass is 14.9. The first-order valence-electron chi connectivity index (χ1n) is 13.0. The summed E-state index contributed by atoms with van der Waals surface area (Å²) in [4.78, 5) is 3.62. The first-order chi connectivity index (χ1) is 18.8. The summed E-state index contributed by atoms with van der Waals surface area (Å²) in [6.07, 6.45) is 0. The molecule has 2 heteroatoms. The van der Waals surface area contributed by atoms with E-state index < -0.39 is 0 Å². The number of aromatic amines is 1. The van der Waals surface area contributed by atoms with Gasteiger partial charge in [0.15, 0.2) is 0 Å². The monoisotopic (exact) mass is 486 g/mol. The van der Waals surface area contributed by atoms with E-state index in [9.17, 15) is 0 Å². The minimum Gasteiger partial charge on any atom is -0.355 e. The van der Waals surface area contributed by atoms with E-state index in [1.807, 2.05) is 6.07 Å². The van der Waals surface area contributed by atoms with Crippen molar-refractivity contribution in [2.45, 2.75) is 0 Å². The third-order valence-electron chi connectivity index (χ3n) is 7.25. The molecule has 0 aliphatic heterocycles. The number of rotatable bonds is 5. The minimum absolute atomic E-state index is 1.07. The second-order valence-corrected chi connectivity index (χ2v) is 9.59. The van der Waals surface area contributed by atoms with Crippen LogP contribution in [0.25, 0.3) is 55.2 Å². The van der Waals surface area contributed by atoms with Crippen LogP contribution in [0.5, 0.6) is 0 Å². The smallest absolute Gasteiger partial charge is 0.0544 e. The molecule has 0 saturated heterocycles. The van der Waals surface area contributed by atoms with Crippen LogP contribution in [0.1, 0.15) is 0 Å². The van der Waals surface area contributed by atoms with Gasteiger partial charge in [0.05, 0.1) is 5.52 Å². The number of fused-ring (bicyclic) bond motifs is 3. The van der Waals surface area contributed by atoms with Crippen LogP contribution in [0.15, 0.2) is 146 Å². The third kappa shape index (κ3) is 4.03. The van der Waals surface area contributed by atoms with E-state index in [1.165, 1.54) is 55.2 Å². The molecule has 0 radical (unpaired) electrons. The van der Waals surface area contributed by atoms with Gasteiger partial charge in [-0.15, -0.1) is 0 Å². The molecule has 1 heterocycles. The molecular formula is C36H26N2. The maximum absolute atomic E-state index is 3.62. The summed E-state index contributed by atoms with van der Waals surface area (Å²) in [7, 11) is 0. The van der Waals surface area contributed by atoms with Gasteiger partial charge in [-0.1, -0.05) is 121 Å². The van der Waals surface area contributed by atoms with Crippen LogP contribution in [0.4, 0.5) is 11.4 Å². The molecule has 180 valence electrons. The molecule has 0 aliphatic rings. The Labute approximate surface area is 222 Å². The zero-order chi connectivity index (χ0) is 25.3. The van der Waals surface area contributed by atoms with E-state index in [-0.39, 0.29) is 0 Å². The standard InChI is InChI=1S/C36H26N2/c1-2-9-27(10-3-1)30-11-4-6-15-34(30)37-29-23-21-26(22-24-29)25-17-19-28(20-18-25)31-13-8-14-33-32-12-5-7-16-35(32)38-36(31)33/h1-24,37-38H. The van der Waals surface area contributed by atoms with Gasteiger partial charge >= 0.3 is 0 Å². The van der Waals surface area contributed by atoms with E-state index in [1.54, 1.807) is 0 Å². The number of benzene rings is 6. The topological polar surface area (TPSA) is 27.8 Å².